The third-order valence-corrected chi connectivity index (χ3v) is 5.62. The molecule has 2 heterocycles. The number of nitrogens with one attached hydrogen (secondary N) is 1. The molecule has 3 heteroatoms. The number of rotatable bonds is 5. The molecule has 1 aromatic heterocycles. The van der Waals surface area contributed by atoms with E-state index >= 15 is 0 Å². The van der Waals surface area contributed by atoms with Crippen molar-refractivity contribution in [3.63, 3.8) is 0 Å². The lowest BCUT2D eigenvalue weighted by Gasteiger charge is -2.30. The summed E-state index contributed by atoms with van der Waals surface area (Å²) < 4.78 is 5.26. The van der Waals surface area contributed by atoms with Crippen LogP contribution in [0.15, 0.2) is 79.1 Å². The minimum Gasteiger partial charge on any atom is -0.497 e. The summed E-state index contributed by atoms with van der Waals surface area (Å²) in [4.78, 5) is 4.52. The minimum absolute atomic E-state index is 0.373. The van der Waals surface area contributed by atoms with Gasteiger partial charge < -0.3 is 10.1 Å². The largest absolute Gasteiger partial charge is 0.497 e. The van der Waals surface area contributed by atoms with Crippen molar-refractivity contribution >= 4 is 5.57 Å². The van der Waals surface area contributed by atoms with Crippen molar-refractivity contribution in [3.8, 4) is 16.9 Å². The quantitative estimate of drug-likeness (QED) is 0.661. The lowest BCUT2D eigenvalue weighted by molar-refractivity contribution is 0.415. The van der Waals surface area contributed by atoms with Gasteiger partial charge in [0, 0.05) is 30.5 Å². The fourth-order valence-electron chi connectivity index (χ4n) is 3.85. The van der Waals surface area contributed by atoms with Crippen LogP contribution < -0.4 is 10.1 Å². The molecular weight excluding hydrogens is 344 g/mol. The zero-order valence-electron chi connectivity index (χ0n) is 16.4. The zero-order chi connectivity index (χ0) is 19.3. The first kappa shape index (κ1) is 18.5. The molecule has 1 N–H and O–H groups in total. The highest BCUT2D eigenvalue weighted by Gasteiger charge is 2.23. The number of benzene rings is 2. The lowest BCUT2D eigenvalue weighted by Crippen LogP contribution is -2.37. The van der Waals surface area contributed by atoms with Crippen LogP contribution in [0.5, 0.6) is 5.75 Å². The van der Waals surface area contributed by atoms with Gasteiger partial charge in [0.15, 0.2) is 0 Å². The number of ether oxygens (including phenoxy) is 1. The van der Waals surface area contributed by atoms with Crippen molar-refractivity contribution in [1.82, 2.24) is 10.3 Å². The van der Waals surface area contributed by atoms with Crippen LogP contribution >= 0.6 is 0 Å². The van der Waals surface area contributed by atoms with Crippen LogP contribution in [0.1, 0.15) is 30.4 Å². The minimum atomic E-state index is 0.373. The Morgan fingerprint density at radius 2 is 1.75 bits per heavy atom. The molecule has 0 spiro atoms. The summed E-state index contributed by atoms with van der Waals surface area (Å²) in [6, 6.07) is 21.5. The zero-order valence-corrected chi connectivity index (χ0v) is 16.4. The van der Waals surface area contributed by atoms with E-state index in [1.54, 1.807) is 7.11 Å². The van der Waals surface area contributed by atoms with Crippen molar-refractivity contribution in [2.45, 2.75) is 25.3 Å². The van der Waals surface area contributed by atoms with E-state index in [2.05, 4.69) is 71.8 Å². The van der Waals surface area contributed by atoms with Gasteiger partial charge in [-0.25, -0.2) is 0 Å². The Hall–Kier alpha value is -2.91. The van der Waals surface area contributed by atoms with Gasteiger partial charge in [-0.2, -0.15) is 0 Å². The van der Waals surface area contributed by atoms with Crippen LogP contribution in [0.2, 0.25) is 0 Å². The number of pyridine rings is 1. The van der Waals surface area contributed by atoms with E-state index in [0.29, 0.717) is 12.0 Å². The highest BCUT2D eigenvalue weighted by molar-refractivity contribution is 5.67. The number of methoxy groups -OCH3 is 1. The molecule has 4 rings (SSSR count). The number of aromatic nitrogens is 1. The molecule has 0 saturated heterocycles. The maximum atomic E-state index is 5.26. The van der Waals surface area contributed by atoms with Crippen molar-refractivity contribution < 1.29 is 4.74 Å². The Bertz CT molecular complexity index is 948. The summed E-state index contributed by atoms with van der Waals surface area (Å²) in [6.45, 7) is 3.20. The molecule has 0 fully saturated rings. The van der Waals surface area contributed by atoms with Gasteiger partial charge in [-0.3, -0.25) is 4.98 Å². The van der Waals surface area contributed by atoms with E-state index < -0.39 is 0 Å². The standard InChI is InChI=1S/C25H26N2O/c1-18(25-15-21(12-13-27-25)19-6-4-3-5-7-19)22-14-23(17-26-16-22)20-8-10-24(28-2)11-9-20/h3-12,14,16-18,25,27H,13,15H2,1-2H3. The first-order valence-corrected chi connectivity index (χ1v) is 9.82. The van der Waals surface area contributed by atoms with E-state index in [1.807, 2.05) is 24.5 Å². The van der Waals surface area contributed by atoms with Crippen LogP contribution in [0.3, 0.4) is 0 Å². The predicted octanol–water partition coefficient (Wildman–Crippen LogP) is 5.31. The molecule has 2 unspecified atom stereocenters. The fourth-order valence-corrected chi connectivity index (χ4v) is 3.85. The van der Waals surface area contributed by atoms with Gasteiger partial charge in [0.05, 0.1) is 7.11 Å². The molecule has 2 aromatic carbocycles. The second kappa shape index (κ2) is 8.41. The average molecular weight is 370 g/mol. The molecule has 0 aliphatic carbocycles. The number of nitrogens with zero attached hydrogens (tertiary/aromatic N) is 1. The first-order chi connectivity index (χ1) is 13.7. The Balaban J connectivity index is 1.53. The highest BCUT2D eigenvalue weighted by Crippen LogP contribution is 2.31. The maximum absolute atomic E-state index is 5.26. The Labute approximate surface area is 167 Å². The molecule has 3 nitrogen and oxygen atoms in total. The van der Waals surface area contributed by atoms with E-state index in [-0.39, 0.29) is 0 Å². The van der Waals surface area contributed by atoms with Crippen molar-refractivity contribution in [1.29, 1.82) is 0 Å². The van der Waals surface area contributed by atoms with E-state index in [1.165, 1.54) is 16.7 Å². The van der Waals surface area contributed by atoms with Gasteiger partial charge in [-0.1, -0.05) is 55.5 Å². The van der Waals surface area contributed by atoms with Crippen molar-refractivity contribution in [3.05, 3.63) is 90.3 Å². The van der Waals surface area contributed by atoms with E-state index in [4.69, 9.17) is 4.74 Å². The van der Waals surface area contributed by atoms with E-state index in [9.17, 15) is 0 Å². The van der Waals surface area contributed by atoms with Crippen LogP contribution in [0.4, 0.5) is 0 Å². The van der Waals surface area contributed by atoms with Crippen LogP contribution in [0.25, 0.3) is 16.7 Å². The molecule has 0 bridgehead atoms. The van der Waals surface area contributed by atoms with Gasteiger partial charge in [0.1, 0.15) is 5.75 Å². The third-order valence-electron chi connectivity index (χ3n) is 5.62. The van der Waals surface area contributed by atoms with Crippen LogP contribution in [-0.2, 0) is 0 Å². The summed E-state index contributed by atoms with van der Waals surface area (Å²) in [5, 5.41) is 3.67. The fraction of sp³-hybridized carbons (Fsp3) is 0.240. The Morgan fingerprint density at radius 3 is 2.50 bits per heavy atom. The smallest absolute Gasteiger partial charge is 0.118 e. The molecule has 2 atom stereocenters. The number of hydrogen-bond acceptors (Lipinski definition) is 3. The monoisotopic (exact) mass is 370 g/mol. The molecule has 0 amide bonds. The molecule has 28 heavy (non-hydrogen) atoms. The lowest BCUT2D eigenvalue weighted by atomic mass is 9.85. The van der Waals surface area contributed by atoms with Crippen molar-refractivity contribution in [2.24, 2.45) is 0 Å². The highest BCUT2D eigenvalue weighted by atomic mass is 16.5. The molecule has 1 aliphatic heterocycles. The van der Waals surface area contributed by atoms with Crippen molar-refractivity contribution in [2.75, 3.05) is 13.7 Å². The normalized spacial score (nSPS) is 17.6. The van der Waals surface area contributed by atoms with E-state index in [0.717, 1.165) is 29.8 Å². The maximum Gasteiger partial charge on any atom is 0.118 e. The van der Waals surface area contributed by atoms with Gasteiger partial charge in [0.2, 0.25) is 0 Å². The molecular formula is C25H26N2O. The van der Waals surface area contributed by atoms with Gasteiger partial charge in [-0.15, -0.1) is 0 Å². The topological polar surface area (TPSA) is 34.1 Å². The van der Waals surface area contributed by atoms with Gasteiger partial charge >= 0.3 is 0 Å². The molecule has 3 aromatic rings. The molecule has 142 valence electrons. The second-order valence-electron chi connectivity index (χ2n) is 7.34. The van der Waals surface area contributed by atoms with Gasteiger partial charge in [0.25, 0.3) is 0 Å². The average Bonchev–Trinajstić information content (AvgIpc) is 2.79. The number of hydrogen-bond donors (Lipinski definition) is 1. The summed E-state index contributed by atoms with van der Waals surface area (Å²) in [6.07, 6.45) is 7.27. The third kappa shape index (κ3) is 4.00. The van der Waals surface area contributed by atoms with Gasteiger partial charge in [-0.05, 0) is 52.8 Å². The summed E-state index contributed by atoms with van der Waals surface area (Å²) in [5.41, 5.74) is 6.31. The molecule has 0 saturated carbocycles. The Morgan fingerprint density at radius 1 is 0.964 bits per heavy atom. The predicted molar refractivity (Wildman–Crippen MR) is 115 cm³/mol. The molecule has 0 radical (unpaired) electrons. The summed E-state index contributed by atoms with van der Waals surface area (Å²) >= 11 is 0. The van der Waals surface area contributed by atoms with Crippen LogP contribution in [-0.4, -0.2) is 24.7 Å². The summed E-state index contributed by atoms with van der Waals surface area (Å²) in [7, 11) is 1.69. The molecule has 1 aliphatic rings. The SMILES string of the molecule is COc1ccc(-c2cncc(C(C)C3CC(c4ccccc4)=CCN3)c2)cc1. The second-order valence-corrected chi connectivity index (χ2v) is 7.34. The first-order valence-electron chi connectivity index (χ1n) is 9.82. The Kier molecular flexibility index (Phi) is 5.54. The summed E-state index contributed by atoms with van der Waals surface area (Å²) in [5.74, 6) is 1.24. The van der Waals surface area contributed by atoms with Crippen LogP contribution in [0, 0.1) is 0 Å².